The van der Waals surface area contributed by atoms with E-state index >= 15 is 0 Å². The standard InChI is InChI=1S/C30H43N3O5S/c1-5-27(30(35)31-25-15-7-6-8-16-25)32(22-24-14-11-17-26(21-24)38-3)29(34)19-12-20-33(39(4,36)37)28-18-10-9-13-23(28)2/h9-11,13-14,17-18,21,25,27H,5-8,12,15-16,19-20,22H2,1-4H3,(H,31,35)/t27-/m0/s1. The molecule has 3 rings (SSSR count). The number of rotatable bonds is 13. The molecule has 2 amide bonds. The molecule has 0 spiro atoms. The molecule has 9 heteroatoms. The Labute approximate surface area is 233 Å². The van der Waals surface area contributed by atoms with Crippen LogP contribution < -0.4 is 14.4 Å². The monoisotopic (exact) mass is 557 g/mol. The molecular weight excluding hydrogens is 514 g/mol. The first kappa shape index (κ1) is 30.5. The van der Waals surface area contributed by atoms with Gasteiger partial charge < -0.3 is 15.0 Å². The number of hydrogen-bond donors (Lipinski definition) is 1. The van der Waals surface area contributed by atoms with Crippen molar-refractivity contribution in [2.45, 2.75) is 83.8 Å². The van der Waals surface area contributed by atoms with E-state index in [4.69, 9.17) is 4.74 Å². The minimum Gasteiger partial charge on any atom is -0.497 e. The molecule has 0 radical (unpaired) electrons. The number of sulfonamides is 1. The highest BCUT2D eigenvalue weighted by Gasteiger charge is 2.30. The summed E-state index contributed by atoms with van der Waals surface area (Å²) < 4.78 is 31.9. The van der Waals surface area contributed by atoms with Crippen LogP contribution in [0.4, 0.5) is 5.69 Å². The lowest BCUT2D eigenvalue weighted by Gasteiger charge is -2.33. The topological polar surface area (TPSA) is 96.0 Å². The zero-order valence-corrected chi connectivity index (χ0v) is 24.5. The van der Waals surface area contributed by atoms with Crippen molar-refractivity contribution in [1.82, 2.24) is 10.2 Å². The summed E-state index contributed by atoms with van der Waals surface area (Å²) in [4.78, 5) is 28.7. The van der Waals surface area contributed by atoms with Crippen molar-refractivity contribution in [1.29, 1.82) is 0 Å². The van der Waals surface area contributed by atoms with Crippen LogP contribution in [0.2, 0.25) is 0 Å². The minimum absolute atomic E-state index is 0.120. The van der Waals surface area contributed by atoms with Gasteiger partial charge in [-0.2, -0.15) is 0 Å². The summed E-state index contributed by atoms with van der Waals surface area (Å²) in [6, 6.07) is 14.3. The molecular formula is C30H43N3O5S. The Hall–Kier alpha value is -3.07. The van der Waals surface area contributed by atoms with E-state index in [1.54, 1.807) is 24.1 Å². The lowest BCUT2D eigenvalue weighted by Crippen LogP contribution is -2.51. The maximum Gasteiger partial charge on any atom is 0.243 e. The molecule has 8 nitrogen and oxygen atoms in total. The molecule has 1 aliphatic carbocycles. The number of nitrogens with one attached hydrogen (secondary N) is 1. The van der Waals surface area contributed by atoms with Gasteiger partial charge in [-0.1, -0.05) is 56.5 Å². The predicted octanol–water partition coefficient (Wildman–Crippen LogP) is 4.81. The number of benzene rings is 2. The normalized spacial score (nSPS) is 14.9. The molecule has 39 heavy (non-hydrogen) atoms. The van der Waals surface area contributed by atoms with Gasteiger partial charge >= 0.3 is 0 Å². The summed E-state index contributed by atoms with van der Waals surface area (Å²) in [7, 11) is -1.94. The van der Waals surface area contributed by atoms with E-state index in [1.165, 1.54) is 17.0 Å². The quantitative estimate of drug-likeness (QED) is 0.382. The average molecular weight is 558 g/mol. The summed E-state index contributed by atoms with van der Waals surface area (Å²) in [6.07, 6.45) is 7.43. The fourth-order valence-electron chi connectivity index (χ4n) is 5.26. The number of nitrogens with zero attached hydrogens (tertiary/aromatic N) is 2. The molecule has 0 unspecified atom stereocenters. The molecule has 0 saturated heterocycles. The van der Waals surface area contributed by atoms with Crippen molar-refractivity contribution in [2.75, 3.05) is 24.2 Å². The lowest BCUT2D eigenvalue weighted by molar-refractivity contribution is -0.141. The molecule has 0 aromatic heterocycles. The highest BCUT2D eigenvalue weighted by Crippen LogP contribution is 2.24. The molecule has 2 aromatic rings. The second kappa shape index (κ2) is 14.4. The Morgan fingerprint density at radius 3 is 2.44 bits per heavy atom. The molecule has 1 aliphatic rings. The van der Waals surface area contributed by atoms with E-state index in [2.05, 4.69) is 5.32 Å². The first-order chi connectivity index (χ1) is 18.6. The van der Waals surface area contributed by atoms with Crippen LogP contribution in [0.3, 0.4) is 0 Å². The average Bonchev–Trinajstić information content (AvgIpc) is 2.91. The first-order valence-corrected chi connectivity index (χ1v) is 15.7. The van der Waals surface area contributed by atoms with Crippen LogP contribution in [0.15, 0.2) is 48.5 Å². The second-order valence-corrected chi connectivity index (χ2v) is 12.3. The van der Waals surface area contributed by atoms with Crippen LogP contribution in [0.5, 0.6) is 5.75 Å². The summed E-state index contributed by atoms with van der Waals surface area (Å²) in [6.45, 7) is 4.22. The number of para-hydroxylation sites is 1. The smallest absolute Gasteiger partial charge is 0.243 e. The molecule has 0 aliphatic heterocycles. The molecule has 214 valence electrons. The third-order valence-corrected chi connectivity index (χ3v) is 8.54. The predicted molar refractivity (Wildman–Crippen MR) is 155 cm³/mol. The number of amides is 2. The van der Waals surface area contributed by atoms with Crippen molar-refractivity contribution in [2.24, 2.45) is 0 Å². The Kier molecular flexibility index (Phi) is 11.2. The van der Waals surface area contributed by atoms with Crippen LogP contribution in [-0.2, 0) is 26.2 Å². The molecule has 0 bridgehead atoms. The van der Waals surface area contributed by atoms with Crippen molar-refractivity contribution < 1.29 is 22.7 Å². The molecule has 2 aromatic carbocycles. The Morgan fingerprint density at radius 1 is 1.08 bits per heavy atom. The maximum absolute atomic E-state index is 13.7. The van der Waals surface area contributed by atoms with Crippen LogP contribution in [0.1, 0.15) is 69.4 Å². The number of aryl methyl sites for hydroxylation is 1. The highest BCUT2D eigenvalue weighted by molar-refractivity contribution is 7.92. The van der Waals surface area contributed by atoms with Gasteiger partial charge in [0.1, 0.15) is 11.8 Å². The van der Waals surface area contributed by atoms with E-state index in [0.717, 1.165) is 36.8 Å². The lowest BCUT2D eigenvalue weighted by atomic mass is 9.95. The van der Waals surface area contributed by atoms with Gasteiger partial charge in [-0.25, -0.2) is 8.42 Å². The van der Waals surface area contributed by atoms with E-state index < -0.39 is 16.1 Å². The fourth-order valence-corrected chi connectivity index (χ4v) is 6.28. The van der Waals surface area contributed by atoms with Gasteiger partial charge in [0.2, 0.25) is 21.8 Å². The van der Waals surface area contributed by atoms with Crippen LogP contribution in [0, 0.1) is 6.92 Å². The second-order valence-electron chi connectivity index (χ2n) is 10.4. The minimum atomic E-state index is -3.54. The van der Waals surface area contributed by atoms with Crippen LogP contribution in [-0.4, -0.2) is 57.1 Å². The van der Waals surface area contributed by atoms with Crippen LogP contribution >= 0.6 is 0 Å². The third kappa shape index (κ3) is 8.71. The molecule has 1 atom stereocenters. The van der Waals surface area contributed by atoms with Crippen LogP contribution in [0.25, 0.3) is 0 Å². The van der Waals surface area contributed by atoms with Crippen molar-refractivity contribution in [3.8, 4) is 5.75 Å². The van der Waals surface area contributed by atoms with Crippen molar-refractivity contribution in [3.05, 3.63) is 59.7 Å². The van der Waals surface area contributed by atoms with E-state index in [-0.39, 0.29) is 37.4 Å². The zero-order valence-electron chi connectivity index (χ0n) is 23.7. The van der Waals surface area contributed by atoms with Crippen molar-refractivity contribution >= 4 is 27.5 Å². The van der Waals surface area contributed by atoms with Gasteiger partial charge in [0.25, 0.3) is 0 Å². The fraction of sp³-hybridized carbons (Fsp3) is 0.533. The number of ether oxygens (including phenoxy) is 1. The molecule has 1 saturated carbocycles. The van der Waals surface area contributed by atoms with Gasteiger partial charge in [-0.3, -0.25) is 13.9 Å². The Morgan fingerprint density at radius 2 is 1.79 bits per heavy atom. The van der Waals surface area contributed by atoms with Gasteiger partial charge in [0, 0.05) is 25.6 Å². The van der Waals surface area contributed by atoms with E-state index in [9.17, 15) is 18.0 Å². The molecule has 0 heterocycles. The van der Waals surface area contributed by atoms with Crippen molar-refractivity contribution in [3.63, 3.8) is 0 Å². The summed E-state index contributed by atoms with van der Waals surface area (Å²) >= 11 is 0. The zero-order chi connectivity index (χ0) is 28.4. The summed E-state index contributed by atoms with van der Waals surface area (Å²) in [5.41, 5.74) is 2.32. The highest BCUT2D eigenvalue weighted by atomic mass is 32.2. The Bertz CT molecular complexity index is 1210. The SMILES string of the molecule is CC[C@@H](C(=O)NC1CCCCC1)N(Cc1cccc(OC)c1)C(=O)CCCN(c1ccccc1C)S(C)(=O)=O. The van der Waals surface area contributed by atoms with Gasteiger partial charge in [0.05, 0.1) is 19.1 Å². The number of anilines is 1. The van der Waals surface area contributed by atoms with Gasteiger partial charge in [-0.05, 0) is 61.9 Å². The van der Waals surface area contributed by atoms with Gasteiger partial charge in [0.15, 0.2) is 0 Å². The number of carbonyl (C=O) groups is 2. The third-order valence-electron chi connectivity index (χ3n) is 7.36. The van der Waals surface area contributed by atoms with E-state index in [1.807, 2.05) is 50.2 Å². The number of methoxy groups -OCH3 is 1. The largest absolute Gasteiger partial charge is 0.497 e. The number of carbonyl (C=O) groups excluding carboxylic acids is 2. The Balaban J connectivity index is 1.78. The molecule has 1 fully saturated rings. The number of hydrogen-bond acceptors (Lipinski definition) is 5. The summed E-state index contributed by atoms with van der Waals surface area (Å²) in [5, 5.41) is 3.19. The summed E-state index contributed by atoms with van der Waals surface area (Å²) in [5.74, 6) is 0.377. The van der Waals surface area contributed by atoms with Gasteiger partial charge in [-0.15, -0.1) is 0 Å². The van der Waals surface area contributed by atoms with E-state index in [0.29, 0.717) is 24.3 Å². The maximum atomic E-state index is 13.7. The molecule has 1 N–H and O–H groups in total. The first-order valence-electron chi connectivity index (χ1n) is 13.9.